The summed E-state index contributed by atoms with van der Waals surface area (Å²) in [6, 6.07) is 1.94. The summed E-state index contributed by atoms with van der Waals surface area (Å²) in [5, 5.41) is 3.79. The predicted octanol–water partition coefficient (Wildman–Crippen LogP) is 2.58. The molecule has 0 fully saturated rings. The van der Waals surface area contributed by atoms with Crippen LogP contribution in [0.3, 0.4) is 0 Å². The second kappa shape index (κ2) is 4.58. The molecule has 0 N–H and O–H groups in total. The monoisotopic (exact) mass is 273 g/mol. The summed E-state index contributed by atoms with van der Waals surface area (Å²) >= 11 is 0. The summed E-state index contributed by atoms with van der Waals surface area (Å²) in [4.78, 5) is 16.3. The van der Waals surface area contributed by atoms with Crippen molar-refractivity contribution in [2.45, 2.75) is 46.6 Å². The van der Waals surface area contributed by atoms with E-state index in [9.17, 15) is 4.79 Å². The highest BCUT2D eigenvalue weighted by Gasteiger charge is 2.32. The van der Waals surface area contributed by atoms with Crippen LogP contribution in [0.4, 0.5) is 0 Å². The van der Waals surface area contributed by atoms with Gasteiger partial charge in [0.1, 0.15) is 0 Å². The molecule has 0 aromatic carbocycles. The standard InChI is InChI=1S/C15H19N3O2/c1-10-16-14(20-17-10)5-7-18-6-4-11-12(18)8-15(2,3)9-13(11)19/h4,6H,5,7-9H2,1-3H3. The second-order valence-electron chi connectivity index (χ2n) is 6.30. The quantitative estimate of drug-likeness (QED) is 0.862. The Morgan fingerprint density at radius 2 is 2.20 bits per heavy atom. The van der Waals surface area contributed by atoms with Crippen LogP contribution in [0.1, 0.15) is 48.0 Å². The third-order valence-corrected chi connectivity index (χ3v) is 3.80. The van der Waals surface area contributed by atoms with Crippen molar-refractivity contribution in [3.05, 3.63) is 35.2 Å². The molecule has 3 rings (SSSR count). The van der Waals surface area contributed by atoms with Gasteiger partial charge in [0.15, 0.2) is 11.6 Å². The first-order valence-corrected chi connectivity index (χ1v) is 6.95. The Labute approximate surface area is 118 Å². The molecule has 2 aromatic rings. The lowest BCUT2D eigenvalue weighted by molar-refractivity contribution is 0.0910. The number of carbonyl (C=O) groups excluding carboxylic acids is 1. The molecule has 2 heterocycles. The molecule has 2 aromatic heterocycles. The lowest BCUT2D eigenvalue weighted by atomic mass is 9.76. The number of hydrogen-bond donors (Lipinski definition) is 0. The minimum atomic E-state index is 0.0429. The number of aromatic nitrogens is 3. The number of carbonyl (C=O) groups is 1. The maximum atomic E-state index is 12.1. The first-order valence-electron chi connectivity index (χ1n) is 6.95. The van der Waals surface area contributed by atoms with Crippen molar-refractivity contribution in [1.82, 2.24) is 14.7 Å². The fourth-order valence-electron chi connectivity index (χ4n) is 2.87. The highest BCUT2D eigenvalue weighted by molar-refractivity contribution is 5.98. The number of rotatable bonds is 3. The first kappa shape index (κ1) is 13.1. The van der Waals surface area contributed by atoms with Crippen molar-refractivity contribution in [3.8, 4) is 0 Å². The minimum absolute atomic E-state index is 0.0429. The van der Waals surface area contributed by atoms with Crippen molar-refractivity contribution in [1.29, 1.82) is 0 Å². The molecule has 5 heteroatoms. The molecular weight excluding hydrogens is 254 g/mol. The molecule has 5 nitrogen and oxygen atoms in total. The molecule has 0 bridgehead atoms. The van der Waals surface area contributed by atoms with E-state index < -0.39 is 0 Å². The minimum Gasteiger partial charge on any atom is -0.350 e. The molecule has 0 aliphatic heterocycles. The third kappa shape index (κ3) is 2.40. The molecule has 0 spiro atoms. The van der Waals surface area contributed by atoms with E-state index in [-0.39, 0.29) is 11.2 Å². The van der Waals surface area contributed by atoms with Crippen LogP contribution in [0.15, 0.2) is 16.8 Å². The molecule has 0 saturated carbocycles. The predicted molar refractivity (Wildman–Crippen MR) is 73.6 cm³/mol. The Morgan fingerprint density at radius 3 is 2.90 bits per heavy atom. The molecular formula is C15H19N3O2. The SMILES string of the molecule is Cc1noc(CCn2ccc3c2CC(C)(C)CC3=O)n1. The van der Waals surface area contributed by atoms with Gasteiger partial charge in [-0.2, -0.15) is 4.98 Å². The maximum absolute atomic E-state index is 12.1. The number of fused-ring (bicyclic) bond motifs is 1. The fraction of sp³-hybridized carbons (Fsp3) is 0.533. The van der Waals surface area contributed by atoms with Crippen molar-refractivity contribution >= 4 is 5.78 Å². The largest absolute Gasteiger partial charge is 0.350 e. The highest BCUT2D eigenvalue weighted by Crippen LogP contribution is 2.35. The van der Waals surface area contributed by atoms with E-state index in [0.717, 1.165) is 24.2 Å². The van der Waals surface area contributed by atoms with E-state index in [1.165, 1.54) is 0 Å². The van der Waals surface area contributed by atoms with Crippen molar-refractivity contribution < 1.29 is 9.32 Å². The van der Waals surface area contributed by atoms with E-state index in [1.54, 1.807) is 0 Å². The second-order valence-corrected chi connectivity index (χ2v) is 6.30. The molecule has 0 unspecified atom stereocenters. The van der Waals surface area contributed by atoms with Crippen molar-refractivity contribution in [2.24, 2.45) is 5.41 Å². The van der Waals surface area contributed by atoms with Crippen LogP contribution < -0.4 is 0 Å². The normalized spacial score (nSPS) is 17.2. The van der Waals surface area contributed by atoms with E-state index in [2.05, 4.69) is 28.6 Å². The van der Waals surface area contributed by atoms with Gasteiger partial charge in [0, 0.05) is 36.8 Å². The van der Waals surface area contributed by atoms with Gasteiger partial charge in [0.2, 0.25) is 5.89 Å². The number of aryl methyl sites for hydroxylation is 3. The molecule has 0 atom stereocenters. The Balaban J connectivity index is 1.80. The van der Waals surface area contributed by atoms with Crippen LogP contribution in [0.25, 0.3) is 0 Å². The molecule has 106 valence electrons. The van der Waals surface area contributed by atoms with Gasteiger partial charge in [0.05, 0.1) is 0 Å². The van der Waals surface area contributed by atoms with Gasteiger partial charge in [-0.15, -0.1) is 0 Å². The van der Waals surface area contributed by atoms with Crippen molar-refractivity contribution in [3.63, 3.8) is 0 Å². The average molecular weight is 273 g/mol. The Morgan fingerprint density at radius 1 is 1.40 bits per heavy atom. The topological polar surface area (TPSA) is 60.9 Å². The Bertz CT molecular complexity index is 652. The van der Waals surface area contributed by atoms with Crippen LogP contribution in [0.2, 0.25) is 0 Å². The summed E-state index contributed by atoms with van der Waals surface area (Å²) < 4.78 is 7.27. The number of ketones is 1. The highest BCUT2D eigenvalue weighted by atomic mass is 16.5. The van der Waals surface area contributed by atoms with E-state index in [1.807, 2.05) is 19.2 Å². The lowest BCUT2D eigenvalue weighted by Crippen LogP contribution is -2.28. The van der Waals surface area contributed by atoms with Crippen LogP contribution >= 0.6 is 0 Å². The summed E-state index contributed by atoms with van der Waals surface area (Å²) in [6.45, 7) is 6.87. The number of nitrogens with zero attached hydrogens (tertiary/aromatic N) is 3. The van der Waals surface area contributed by atoms with Gasteiger partial charge in [-0.05, 0) is 24.8 Å². The number of Topliss-reactive ketones (excluding diaryl/α,β-unsaturated/α-hetero) is 1. The van der Waals surface area contributed by atoms with E-state index >= 15 is 0 Å². The molecule has 1 aliphatic rings. The van der Waals surface area contributed by atoms with Gasteiger partial charge in [0.25, 0.3) is 0 Å². The van der Waals surface area contributed by atoms with E-state index in [0.29, 0.717) is 24.6 Å². The fourth-order valence-corrected chi connectivity index (χ4v) is 2.87. The molecule has 0 saturated heterocycles. The third-order valence-electron chi connectivity index (χ3n) is 3.80. The van der Waals surface area contributed by atoms with Crippen LogP contribution in [0.5, 0.6) is 0 Å². The van der Waals surface area contributed by atoms with Gasteiger partial charge in [-0.3, -0.25) is 4.79 Å². The van der Waals surface area contributed by atoms with Crippen LogP contribution in [0, 0.1) is 12.3 Å². The molecule has 20 heavy (non-hydrogen) atoms. The van der Waals surface area contributed by atoms with E-state index in [4.69, 9.17) is 4.52 Å². The van der Waals surface area contributed by atoms with Crippen LogP contribution in [-0.4, -0.2) is 20.5 Å². The average Bonchev–Trinajstić information content (AvgIpc) is 2.92. The van der Waals surface area contributed by atoms with Gasteiger partial charge in [-0.25, -0.2) is 0 Å². The van der Waals surface area contributed by atoms with Crippen LogP contribution in [-0.2, 0) is 19.4 Å². The van der Waals surface area contributed by atoms with Gasteiger partial charge < -0.3 is 9.09 Å². The molecule has 0 radical (unpaired) electrons. The first-order chi connectivity index (χ1) is 9.44. The zero-order chi connectivity index (χ0) is 14.3. The Hall–Kier alpha value is -1.91. The summed E-state index contributed by atoms with van der Waals surface area (Å²) in [5.41, 5.74) is 2.06. The summed E-state index contributed by atoms with van der Waals surface area (Å²) in [7, 11) is 0. The zero-order valence-corrected chi connectivity index (χ0v) is 12.1. The van der Waals surface area contributed by atoms with Crippen molar-refractivity contribution in [2.75, 3.05) is 0 Å². The van der Waals surface area contributed by atoms with Gasteiger partial charge >= 0.3 is 0 Å². The maximum Gasteiger partial charge on any atom is 0.228 e. The molecule has 1 aliphatic carbocycles. The zero-order valence-electron chi connectivity index (χ0n) is 12.1. The summed E-state index contributed by atoms with van der Waals surface area (Å²) in [6.07, 6.45) is 4.25. The van der Waals surface area contributed by atoms with Gasteiger partial charge in [-0.1, -0.05) is 19.0 Å². The smallest absolute Gasteiger partial charge is 0.228 e. The Kier molecular flexibility index (Phi) is 3.00. The summed E-state index contributed by atoms with van der Waals surface area (Å²) in [5.74, 6) is 1.56. The lowest BCUT2D eigenvalue weighted by Gasteiger charge is -2.29. The molecule has 0 amide bonds. The number of hydrogen-bond acceptors (Lipinski definition) is 4.